The minimum Gasteiger partial charge on any atom is -0.352 e. The van der Waals surface area contributed by atoms with Gasteiger partial charge >= 0.3 is 0 Å². The molecule has 0 radical (unpaired) electrons. The molecule has 1 amide bonds. The summed E-state index contributed by atoms with van der Waals surface area (Å²) < 4.78 is 27.3. The average molecular weight is 416 g/mol. The number of nitrogens with one attached hydrogen (secondary N) is 2. The number of carbonyl (C=O) groups excluding carboxylic acids is 1. The van der Waals surface area contributed by atoms with Gasteiger partial charge in [0.05, 0.1) is 4.90 Å². The zero-order valence-electron chi connectivity index (χ0n) is 16.8. The van der Waals surface area contributed by atoms with Crippen LogP contribution >= 0.6 is 0 Å². The summed E-state index contributed by atoms with van der Waals surface area (Å²) in [5, 5.41) is 2.98. The van der Waals surface area contributed by atoms with Crippen LogP contribution in [0.2, 0.25) is 0 Å². The Labute approximate surface area is 173 Å². The highest BCUT2D eigenvalue weighted by molar-refractivity contribution is 7.92. The van der Waals surface area contributed by atoms with E-state index in [2.05, 4.69) is 21.9 Å². The first kappa shape index (κ1) is 21.3. The van der Waals surface area contributed by atoms with E-state index in [1.54, 1.807) is 42.5 Å². The normalized spacial score (nSPS) is 16.2. The molecule has 1 saturated heterocycles. The summed E-state index contributed by atoms with van der Waals surface area (Å²) in [4.78, 5) is 15.1. The number of rotatable bonds is 8. The summed E-state index contributed by atoms with van der Waals surface area (Å²) in [5.41, 5.74) is 0.932. The third-order valence-electron chi connectivity index (χ3n) is 5.08. The molecular formula is C22H29N3O3S. The van der Waals surface area contributed by atoms with Gasteiger partial charge in [-0.15, -0.1) is 0 Å². The Kier molecular flexibility index (Phi) is 7.28. The first-order valence-electron chi connectivity index (χ1n) is 10.1. The topological polar surface area (TPSA) is 78.5 Å². The maximum absolute atomic E-state index is 12.4. The van der Waals surface area contributed by atoms with Gasteiger partial charge in [0.1, 0.15) is 0 Å². The van der Waals surface area contributed by atoms with Crippen molar-refractivity contribution >= 4 is 21.6 Å². The fourth-order valence-electron chi connectivity index (χ4n) is 3.52. The number of anilines is 1. The summed E-state index contributed by atoms with van der Waals surface area (Å²) >= 11 is 0. The third kappa shape index (κ3) is 6.30. The van der Waals surface area contributed by atoms with E-state index in [1.165, 1.54) is 31.4 Å². The van der Waals surface area contributed by atoms with Crippen LogP contribution in [0.3, 0.4) is 0 Å². The smallest absolute Gasteiger partial charge is 0.261 e. The van der Waals surface area contributed by atoms with Gasteiger partial charge in [-0.1, -0.05) is 31.5 Å². The number of amides is 1. The molecule has 0 spiro atoms. The lowest BCUT2D eigenvalue weighted by Gasteiger charge is -2.29. The lowest BCUT2D eigenvalue weighted by atomic mass is 10.1. The fraction of sp³-hybridized carbons (Fsp3) is 0.409. The summed E-state index contributed by atoms with van der Waals surface area (Å²) in [6.45, 7) is 6.08. The molecule has 3 rings (SSSR count). The average Bonchev–Trinajstić information content (AvgIpc) is 2.74. The molecule has 1 aliphatic rings. The van der Waals surface area contributed by atoms with Crippen LogP contribution in [-0.2, 0) is 10.0 Å². The number of hydrogen-bond acceptors (Lipinski definition) is 4. The molecule has 0 saturated carbocycles. The van der Waals surface area contributed by atoms with Gasteiger partial charge in [0.2, 0.25) is 0 Å². The molecule has 1 aliphatic heterocycles. The zero-order chi connectivity index (χ0) is 20.7. The highest BCUT2D eigenvalue weighted by Crippen LogP contribution is 2.16. The lowest BCUT2D eigenvalue weighted by molar-refractivity contribution is 0.0942. The molecule has 1 fully saturated rings. The summed E-state index contributed by atoms with van der Waals surface area (Å²) in [6.07, 6.45) is 3.85. The minimum atomic E-state index is -3.64. The van der Waals surface area contributed by atoms with Crippen LogP contribution in [0.1, 0.15) is 36.5 Å². The molecule has 1 atom stereocenters. The van der Waals surface area contributed by atoms with Crippen molar-refractivity contribution in [2.75, 3.05) is 30.9 Å². The number of likely N-dealkylation sites (tertiary alicyclic amines) is 1. The van der Waals surface area contributed by atoms with Crippen molar-refractivity contribution in [1.82, 2.24) is 10.2 Å². The Morgan fingerprint density at radius 3 is 2.31 bits per heavy atom. The number of hydrogen-bond donors (Lipinski definition) is 2. The van der Waals surface area contributed by atoms with Crippen molar-refractivity contribution in [2.45, 2.75) is 31.1 Å². The molecule has 1 unspecified atom stereocenters. The monoisotopic (exact) mass is 415 g/mol. The predicted octanol–water partition coefficient (Wildman–Crippen LogP) is 3.34. The van der Waals surface area contributed by atoms with Crippen molar-refractivity contribution in [3.63, 3.8) is 0 Å². The van der Waals surface area contributed by atoms with Gasteiger partial charge in [0.25, 0.3) is 15.9 Å². The Morgan fingerprint density at radius 2 is 1.66 bits per heavy atom. The third-order valence-corrected chi connectivity index (χ3v) is 6.48. The second kappa shape index (κ2) is 9.89. The SMILES string of the molecule is CC(CNC(=O)c1ccc(NS(=O)(=O)c2ccccc2)cc1)CN1CCCCC1. The molecule has 29 heavy (non-hydrogen) atoms. The largest absolute Gasteiger partial charge is 0.352 e. The van der Waals surface area contributed by atoms with Gasteiger partial charge in [0.15, 0.2) is 0 Å². The van der Waals surface area contributed by atoms with E-state index >= 15 is 0 Å². The highest BCUT2D eigenvalue weighted by atomic mass is 32.2. The summed E-state index contributed by atoms with van der Waals surface area (Å²) in [7, 11) is -3.64. The van der Waals surface area contributed by atoms with Crippen LogP contribution in [0, 0.1) is 5.92 Å². The van der Waals surface area contributed by atoms with E-state index in [0.717, 1.165) is 19.6 Å². The molecule has 2 aromatic carbocycles. The first-order valence-corrected chi connectivity index (χ1v) is 11.6. The number of piperidine rings is 1. The standard InChI is InChI=1S/C22H29N3O3S/c1-18(17-25-14-6-3-7-15-25)16-23-22(26)19-10-12-20(13-11-19)24-29(27,28)21-8-4-2-5-9-21/h2,4-5,8-13,18,24H,3,6-7,14-17H2,1H3,(H,23,26). The maximum atomic E-state index is 12.4. The molecule has 7 heteroatoms. The summed E-state index contributed by atoms with van der Waals surface area (Å²) in [5.74, 6) is 0.238. The zero-order valence-corrected chi connectivity index (χ0v) is 17.6. The van der Waals surface area contributed by atoms with E-state index < -0.39 is 10.0 Å². The maximum Gasteiger partial charge on any atom is 0.261 e. The van der Waals surface area contributed by atoms with Crippen molar-refractivity contribution in [1.29, 1.82) is 0 Å². The van der Waals surface area contributed by atoms with Crippen LogP contribution in [0.25, 0.3) is 0 Å². The molecule has 0 aliphatic carbocycles. The molecule has 0 aromatic heterocycles. The lowest BCUT2D eigenvalue weighted by Crippen LogP contribution is -2.38. The molecule has 2 N–H and O–H groups in total. The van der Waals surface area contributed by atoms with Gasteiger partial charge in [-0.3, -0.25) is 9.52 Å². The van der Waals surface area contributed by atoms with Crippen LogP contribution in [0.4, 0.5) is 5.69 Å². The first-order chi connectivity index (χ1) is 13.9. The van der Waals surface area contributed by atoms with E-state index in [0.29, 0.717) is 23.7 Å². The molecule has 0 bridgehead atoms. The van der Waals surface area contributed by atoms with Crippen LogP contribution in [0.5, 0.6) is 0 Å². The van der Waals surface area contributed by atoms with Crippen molar-refractivity contribution < 1.29 is 13.2 Å². The molecule has 2 aromatic rings. The van der Waals surface area contributed by atoms with E-state index in [9.17, 15) is 13.2 Å². The highest BCUT2D eigenvalue weighted by Gasteiger charge is 2.16. The van der Waals surface area contributed by atoms with E-state index in [1.807, 2.05) is 0 Å². The fourth-order valence-corrected chi connectivity index (χ4v) is 4.60. The number of carbonyl (C=O) groups is 1. The predicted molar refractivity (Wildman–Crippen MR) is 115 cm³/mol. The second-order valence-corrected chi connectivity index (χ2v) is 9.35. The van der Waals surface area contributed by atoms with Crippen molar-refractivity contribution in [2.24, 2.45) is 5.92 Å². The number of benzene rings is 2. The van der Waals surface area contributed by atoms with Gasteiger partial charge in [-0.25, -0.2) is 8.42 Å². The Bertz CT molecular complexity index is 893. The Hall–Kier alpha value is -2.38. The molecule has 1 heterocycles. The Balaban J connectivity index is 1.50. The van der Waals surface area contributed by atoms with Crippen LogP contribution in [0.15, 0.2) is 59.5 Å². The molecular weight excluding hydrogens is 386 g/mol. The quantitative estimate of drug-likeness (QED) is 0.693. The Morgan fingerprint density at radius 1 is 1.00 bits per heavy atom. The minimum absolute atomic E-state index is 0.145. The summed E-state index contributed by atoms with van der Waals surface area (Å²) in [6, 6.07) is 14.7. The number of nitrogens with zero attached hydrogens (tertiary/aromatic N) is 1. The van der Waals surface area contributed by atoms with Gasteiger partial charge in [-0.05, 0) is 68.2 Å². The van der Waals surface area contributed by atoms with Gasteiger partial charge in [-0.2, -0.15) is 0 Å². The van der Waals surface area contributed by atoms with Gasteiger partial charge < -0.3 is 10.2 Å². The van der Waals surface area contributed by atoms with Crippen molar-refractivity contribution in [3.8, 4) is 0 Å². The molecule has 156 valence electrons. The van der Waals surface area contributed by atoms with Gasteiger partial charge in [0, 0.05) is 24.3 Å². The van der Waals surface area contributed by atoms with Crippen molar-refractivity contribution in [3.05, 3.63) is 60.2 Å². The molecule has 6 nitrogen and oxygen atoms in total. The second-order valence-electron chi connectivity index (χ2n) is 7.67. The van der Waals surface area contributed by atoms with Crippen LogP contribution < -0.4 is 10.0 Å². The van der Waals surface area contributed by atoms with E-state index in [-0.39, 0.29) is 10.8 Å². The van der Waals surface area contributed by atoms with Crippen LogP contribution in [-0.4, -0.2) is 45.4 Å². The number of sulfonamides is 1. The van der Waals surface area contributed by atoms with E-state index in [4.69, 9.17) is 0 Å².